The number of hydrogen-bond donors (Lipinski definition) is 1. The first-order valence-electron chi connectivity index (χ1n) is 9.74. The Morgan fingerprint density at radius 3 is 1.97 bits per heavy atom. The second kappa shape index (κ2) is 6.94. The van der Waals surface area contributed by atoms with Crippen molar-refractivity contribution in [2.45, 2.75) is 44.3 Å². The first kappa shape index (κ1) is 20.1. The van der Waals surface area contributed by atoms with Crippen LogP contribution < -0.4 is 10.8 Å². The SMILES string of the molecule is CC1(C)OB(c2ccc(C3(C(=O)Nc4ccc(F)cc4)COC3)cc2)OC1(C)C. The molecule has 1 N–H and O–H groups in total. The lowest BCUT2D eigenvalue weighted by atomic mass is 9.74. The highest BCUT2D eigenvalue weighted by molar-refractivity contribution is 6.62. The van der Waals surface area contributed by atoms with Crippen molar-refractivity contribution in [3.8, 4) is 0 Å². The highest BCUT2D eigenvalue weighted by Gasteiger charge is 2.52. The molecule has 1 amide bonds. The summed E-state index contributed by atoms with van der Waals surface area (Å²) in [6.45, 7) is 8.67. The van der Waals surface area contributed by atoms with Gasteiger partial charge in [0.15, 0.2) is 0 Å². The molecule has 4 rings (SSSR count). The van der Waals surface area contributed by atoms with Crippen LogP contribution in [0.1, 0.15) is 33.3 Å². The third-order valence-electron chi connectivity index (χ3n) is 6.22. The molecule has 29 heavy (non-hydrogen) atoms. The van der Waals surface area contributed by atoms with E-state index >= 15 is 0 Å². The Labute approximate surface area is 170 Å². The van der Waals surface area contributed by atoms with Gasteiger partial charge in [0.05, 0.1) is 24.4 Å². The lowest BCUT2D eigenvalue weighted by Crippen LogP contribution is -2.55. The number of carbonyl (C=O) groups is 1. The van der Waals surface area contributed by atoms with Crippen LogP contribution in [0.3, 0.4) is 0 Å². The highest BCUT2D eigenvalue weighted by atomic mass is 19.1. The second-order valence-electron chi connectivity index (χ2n) is 8.75. The van der Waals surface area contributed by atoms with Crippen molar-refractivity contribution in [2.24, 2.45) is 0 Å². The van der Waals surface area contributed by atoms with Crippen LogP contribution in [-0.2, 0) is 24.3 Å². The average Bonchev–Trinajstić information content (AvgIpc) is 2.84. The molecule has 0 bridgehead atoms. The normalized spacial score (nSPS) is 21.5. The summed E-state index contributed by atoms with van der Waals surface area (Å²) in [5.41, 5.74) is 0.743. The molecule has 152 valence electrons. The van der Waals surface area contributed by atoms with Crippen LogP contribution in [0.5, 0.6) is 0 Å². The largest absolute Gasteiger partial charge is 0.494 e. The standard InChI is InChI=1S/C22H25BFNO4/c1-20(2)21(3,4)29-23(28-20)16-7-5-15(6-8-16)22(13-27-14-22)19(26)25-18-11-9-17(24)10-12-18/h5-12H,13-14H2,1-4H3,(H,25,26). The van der Waals surface area contributed by atoms with Crippen LogP contribution in [0.4, 0.5) is 10.1 Å². The molecule has 2 saturated heterocycles. The molecule has 2 aromatic rings. The molecule has 0 spiro atoms. The van der Waals surface area contributed by atoms with E-state index in [4.69, 9.17) is 14.0 Å². The van der Waals surface area contributed by atoms with E-state index in [0.717, 1.165) is 11.0 Å². The average molecular weight is 397 g/mol. The molecule has 5 nitrogen and oxygen atoms in total. The number of amides is 1. The summed E-state index contributed by atoms with van der Waals surface area (Å²) in [5, 5.41) is 2.87. The number of halogens is 1. The number of rotatable bonds is 4. The molecule has 7 heteroatoms. The molecule has 0 atom stereocenters. The van der Waals surface area contributed by atoms with Gasteiger partial charge in [-0.3, -0.25) is 4.79 Å². The van der Waals surface area contributed by atoms with E-state index in [1.54, 1.807) is 12.1 Å². The predicted octanol–water partition coefficient (Wildman–Crippen LogP) is 3.03. The van der Waals surface area contributed by atoms with E-state index in [-0.39, 0.29) is 11.7 Å². The van der Waals surface area contributed by atoms with E-state index in [2.05, 4.69) is 5.32 Å². The number of nitrogens with one attached hydrogen (secondary N) is 1. The van der Waals surface area contributed by atoms with Crippen molar-refractivity contribution in [3.63, 3.8) is 0 Å². The molecular weight excluding hydrogens is 372 g/mol. The fourth-order valence-electron chi connectivity index (χ4n) is 3.46. The number of carbonyl (C=O) groups excluding carboxylic acids is 1. The van der Waals surface area contributed by atoms with E-state index in [1.165, 1.54) is 12.1 Å². The molecule has 0 unspecified atom stereocenters. The topological polar surface area (TPSA) is 56.8 Å². The zero-order valence-electron chi connectivity index (χ0n) is 17.1. The van der Waals surface area contributed by atoms with Gasteiger partial charge in [0, 0.05) is 5.69 Å². The summed E-state index contributed by atoms with van der Waals surface area (Å²) in [4.78, 5) is 13.0. The minimum atomic E-state index is -0.761. The number of ether oxygens (including phenoxy) is 1. The Morgan fingerprint density at radius 1 is 0.931 bits per heavy atom. The lowest BCUT2D eigenvalue weighted by Gasteiger charge is -2.40. The second-order valence-corrected chi connectivity index (χ2v) is 8.75. The summed E-state index contributed by atoms with van der Waals surface area (Å²) in [6.07, 6.45) is 0. The molecular formula is C22H25BFNO4. The molecule has 2 aliphatic rings. The molecule has 2 aromatic carbocycles. The van der Waals surface area contributed by atoms with Gasteiger partial charge in [-0.05, 0) is 63.0 Å². The number of benzene rings is 2. The fourth-order valence-corrected chi connectivity index (χ4v) is 3.46. The number of hydrogen-bond acceptors (Lipinski definition) is 4. The maximum Gasteiger partial charge on any atom is 0.494 e. The van der Waals surface area contributed by atoms with Crippen LogP contribution in [0.25, 0.3) is 0 Å². The molecule has 2 heterocycles. The van der Waals surface area contributed by atoms with Gasteiger partial charge in [-0.25, -0.2) is 4.39 Å². The van der Waals surface area contributed by atoms with Crippen LogP contribution in [0.2, 0.25) is 0 Å². The minimum Gasteiger partial charge on any atom is -0.399 e. The first-order valence-corrected chi connectivity index (χ1v) is 9.74. The van der Waals surface area contributed by atoms with Crippen LogP contribution in [-0.4, -0.2) is 37.4 Å². The molecule has 0 saturated carbocycles. The maximum atomic E-state index is 13.1. The lowest BCUT2D eigenvalue weighted by molar-refractivity contribution is -0.139. The van der Waals surface area contributed by atoms with Crippen LogP contribution in [0, 0.1) is 5.82 Å². The summed E-state index contributed by atoms with van der Waals surface area (Å²) in [7, 11) is -0.448. The molecule has 0 aliphatic carbocycles. The first-order chi connectivity index (χ1) is 13.6. The summed E-state index contributed by atoms with van der Waals surface area (Å²) < 4.78 is 30.7. The van der Waals surface area contributed by atoms with Gasteiger partial charge in [0.2, 0.25) is 5.91 Å². The van der Waals surface area contributed by atoms with Crippen LogP contribution in [0.15, 0.2) is 48.5 Å². The van der Waals surface area contributed by atoms with E-state index in [0.29, 0.717) is 18.9 Å². The van der Waals surface area contributed by atoms with Gasteiger partial charge in [-0.15, -0.1) is 0 Å². The van der Waals surface area contributed by atoms with Crippen molar-refractivity contribution >= 4 is 24.2 Å². The zero-order chi connectivity index (χ0) is 20.9. The van der Waals surface area contributed by atoms with Gasteiger partial charge in [-0.2, -0.15) is 0 Å². The predicted molar refractivity (Wildman–Crippen MR) is 110 cm³/mol. The zero-order valence-corrected chi connectivity index (χ0v) is 17.1. The van der Waals surface area contributed by atoms with Gasteiger partial charge in [-0.1, -0.05) is 24.3 Å². The third-order valence-corrected chi connectivity index (χ3v) is 6.22. The van der Waals surface area contributed by atoms with Gasteiger partial charge in [0.25, 0.3) is 0 Å². The summed E-state index contributed by atoms with van der Waals surface area (Å²) >= 11 is 0. The Hall–Kier alpha value is -2.22. The smallest absolute Gasteiger partial charge is 0.399 e. The Kier molecular flexibility index (Phi) is 4.80. The molecule has 0 radical (unpaired) electrons. The van der Waals surface area contributed by atoms with Gasteiger partial charge in [0.1, 0.15) is 11.2 Å². The van der Waals surface area contributed by atoms with Crippen molar-refractivity contribution in [2.75, 3.05) is 18.5 Å². The summed E-state index contributed by atoms with van der Waals surface area (Å²) in [5.74, 6) is -0.512. The Morgan fingerprint density at radius 2 is 1.48 bits per heavy atom. The van der Waals surface area contributed by atoms with Crippen molar-refractivity contribution in [1.82, 2.24) is 0 Å². The molecule has 2 aliphatic heterocycles. The molecule has 0 aromatic heterocycles. The quantitative estimate of drug-likeness (QED) is 0.806. The number of anilines is 1. The minimum absolute atomic E-state index is 0.168. The van der Waals surface area contributed by atoms with Crippen molar-refractivity contribution in [1.29, 1.82) is 0 Å². The van der Waals surface area contributed by atoms with E-state index in [9.17, 15) is 9.18 Å². The fraction of sp³-hybridized carbons (Fsp3) is 0.409. The third kappa shape index (κ3) is 3.48. The van der Waals surface area contributed by atoms with E-state index in [1.807, 2.05) is 52.0 Å². The highest BCUT2D eigenvalue weighted by Crippen LogP contribution is 2.37. The Balaban J connectivity index is 1.52. The van der Waals surface area contributed by atoms with Gasteiger partial charge >= 0.3 is 7.12 Å². The van der Waals surface area contributed by atoms with Gasteiger partial charge < -0.3 is 19.4 Å². The van der Waals surface area contributed by atoms with Crippen LogP contribution >= 0.6 is 0 Å². The monoisotopic (exact) mass is 397 g/mol. The molecule has 2 fully saturated rings. The maximum absolute atomic E-state index is 13.1. The van der Waals surface area contributed by atoms with Crippen molar-refractivity contribution < 1.29 is 23.2 Å². The summed E-state index contributed by atoms with van der Waals surface area (Å²) in [6, 6.07) is 13.4. The van der Waals surface area contributed by atoms with E-state index < -0.39 is 23.7 Å². The Bertz CT molecular complexity index is 891. The van der Waals surface area contributed by atoms with Crippen molar-refractivity contribution in [3.05, 3.63) is 59.9 Å².